The van der Waals surface area contributed by atoms with Gasteiger partial charge in [0.2, 0.25) is 0 Å². The highest BCUT2D eigenvalue weighted by Gasteiger charge is 2.25. The van der Waals surface area contributed by atoms with Gasteiger partial charge in [0.25, 0.3) is 0 Å². The summed E-state index contributed by atoms with van der Waals surface area (Å²) in [6.45, 7) is 2.00. The molecule has 0 radical (unpaired) electrons. The van der Waals surface area contributed by atoms with Crippen LogP contribution >= 0.6 is 11.8 Å². The van der Waals surface area contributed by atoms with Gasteiger partial charge in [-0.15, -0.1) is 11.8 Å². The Hall–Kier alpha value is -2.05. The van der Waals surface area contributed by atoms with Crippen LogP contribution in [0.3, 0.4) is 0 Å². The summed E-state index contributed by atoms with van der Waals surface area (Å²) >= 11 is 1.71. The molecule has 3 aromatic rings. The first-order valence-electron chi connectivity index (χ1n) is 7.15. The number of hydrogen-bond acceptors (Lipinski definition) is 4. The molecule has 0 N–H and O–H groups in total. The van der Waals surface area contributed by atoms with E-state index < -0.39 is 0 Å². The molecule has 0 amide bonds. The Balaban J connectivity index is 1.81. The van der Waals surface area contributed by atoms with Crippen molar-refractivity contribution in [3.05, 3.63) is 59.3 Å². The van der Waals surface area contributed by atoms with Crippen molar-refractivity contribution >= 4 is 17.4 Å². The van der Waals surface area contributed by atoms with E-state index in [4.69, 9.17) is 4.74 Å². The van der Waals surface area contributed by atoms with Crippen molar-refractivity contribution < 1.29 is 4.74 Å². The third-order valence-corrected chi connectivity index (χ3v) is 4.80. The molecule has 2 aromatic heterocycles. The number of ether oxygens (including phenoxy) is 1. The van der Waals surface area contributed by atoms with Crippen molar-refractivity contribution in [3.63, 3.8) is 0 Å². The topological polar surface area (TPSA) is 48.5 Å². The zero-order valence-corrected chi connectivity index (χ0v) is 12.9. The molecule has 0 spiro atoms. The first-order valence-corrected chi connectivity index (χ1v) is 8.20. The van der Waals surface area contributed by atoms with Crippen molar-refractivity contribution in [1.29, 1.82) is 0 Å². The molecule has 5 nitrogen and oxygen atoms in total. The number of hydrogen-bond donors (Lipinski definition) is 0. The maximum Gasteiger partial charge on any atom is 0.336 e. The van der Waals surface area contributed by atoms with E-state index in [-0.39, 0.29) is 17.4 Å². The molecule has 1 fully saturated rings. The van der Waals surface area contributed by atoms with Crippen LogP contribution in [-0.2, 0) is 4.74 Å². The van der Waals surface area contributed by atoms with E-state index in [2.05, 4.69) is 4.98 Å². The first kappa shape index (κ1) is 13.6. The van der Waals surface area contributed by atoms with Gasteiger partial charge in [-0.25, -0.2) is 9.78 Å². The van der Waals surface area contributed by atoms with Crippen molar-refractivity contribution in [1.82, 2.24) is 14.0 Å². The summed E-state index contributed by atoms with van der Waals surface area (Å²) in [5.74, 6) is 0.785. The minimum atomic E-state index is -0.209. The van der Waals surface area contributed by atoms with E-state index in [1.54, 1.807) is 33.1 Å². The van der Waals surface area contributed by atoms with Crippen LogP contribution in [0.5, 0.6) is 0 Å². The second-order valence-corrected chi connectivity index (χ2v) is 6.55. The molecule has 1 unspecified atom stereocenters. The fourth-order valence-corrected chi connectivity index (χ4v) is 3.51. The van der Waals surface area contributed by atoms with Crippen LogP contribution in [0.25, 0.3) is 16.9 Å². The number of imidazole rings is 1. The molecule has 22 heavy (non-hydrogen) atoms. The molecule has 1 aromatic carbocycles. The largest absolute Gasteiger partial charge is 0.343 e. The molecule has 1 saturated heterocycles. The van der Waals surface area contributed by atoms with Crippen molar-refractivity contribution in [3.8, 4) is 11.3 Å². The summed E-state index contributed by atoms with van der Waals surface area (Å²) < 4.78 is 8.98. The molecule has 0 saturated carbocycles. The number of rotatable bonds is 2. The Morgan fingerprint density at radius 2 is 2.09 bits per heavy atom. The van der Waals surface area contributed by atoms with Gasteiger partial charge in [0, 0.05) is 23.7 Å². The summed E-state index contributed by atoms with van der Waals surface area (Å²) in [7, 11) is 0. The molecular formula is C16H15N3O2S. The minimum absolute atomic E-state index is 0.119. The normalized spacial score (nSPS) is 21.5. The zero-order chi connectivity index (χ0) is 15.1. The molecule has 1 aliphatic heterocycles. The van der Waals surface area contributed by atoms with Gasteiger partial charge in [0.05, 0.1) is 5.69 Å². The van der Waals surface area contributed by atoms with Crippen LogP contribution in [0, 0.1) is 0 Å². The second-order valence-electron chi connectivity index (χ2n) is 5.22. The first-order chi connectivity index (χ1) is 10.7. The zero-order valence-electron chi connectivity index (χ0n) is 12.0. The Morgan fingerprint density at radius 1 is 1.27 bits per heavy atom. The number of fused-ring (bicyclic) bond motifs is 1. The van der Waals surface area contributed by atoms with Crippen molar-refractivity contribution in [2.45, 2.75) is 18.6 Å². The van der Waals surface area contributed by atoms with Gasteiger partial charge in [0.1, 0.15) is 17.3 Å². The van der Waals surface area contributed by atoms with E-state index >= 15 is 0 Å². The van der Waals surface area contributed by atoms with Crippen LogP contribution in [0.4, 0.5) is 0 Å². The fraction of sp³-hybridized carbons (Fsp3) is 0.250. The lowest BCUT2D eigenvalue weighted by atomic mass is 10.2. The third-order valence-electron chi connectivity index (χ3n) is 3.75. The molecule has 4 rings (SSSR count). The lowest BCUT2D eigenvalue weighted by Crippen LogP contribution is -2.30. The summed E-state index contributed by atoms with van der Waals surface area (Å²) in [6, 6.07) is 11.7. The van der Waals surface area contributed by atoms with Crippen LogP contribution in [0.2, 0.25) is 0 Å². The molecule has 1 aliphatic rings. The Labute approximate surface area is 131 Å². The minimum Gasteiger partial charge on any atom is -0.343 e. The van der Waals surface area contributed by atoms with Crippen LogP contribution in [0.1, 0.15) is 13.2 Å². The van der Waals surface area contributed by atoms with Crippen molar-refractivity contribution in [2.24, 2.45) is 0 Å². The highest BCUT2D eigenvalue weighted by Crippen LogP contribution is 2.30. The van der Waals surface area contributed by atoms with Gasteiger partial charge in [-0.2, -0.15) is 0 Å². The molecular weight excluding hydrogens is 298 g/mol. The van der Waals surface area contributed by atoms with E-state index in [0.29, 0.717) is 5.65 Å². The average Bonchev–Trinajstić information content (AvgIpc) is 3.15. The van der Waals surface area contributed by atoms with Gasteiger partial charge in [-0.1, -0.05) is 30.3 Å². The smallest absolute Gasteiger partial charge is 0.336 e. The molecule has 2 atom stereocenters. The quantitative estimate of drug-likeness (QED) is 0.730. The number of thioether (sulfide) groups is 1. The number of nitrogens with zero attached hydrogens (tertiary/aromatic N) is 3. The standard InChI is InChI=1S/C16H15N3O2S/c1-11-21-15(10-22-11)18-8-7-14-17-13(9-19(14)16(18)20)12-5-3-2-4-6-12/h2-9,11,15H,10H2,1H3/t11-,15?/m1/s1. The summed E-state index contributed by atoms with van der Waals surface area (Å²) in [6.07, 6.45) is 3.34. The summed E-state index contributed by atoms with van der Waals surface area (Å²) in [4.78, 5) is 17.2. The van der Waals surface area contributed by atoms with Gasteiger partial charge in [0.15, 0.2) is 0 Å². The number of aromatic nitrogens is 3. The monoisotopic (exact) mass is 313 g/mol. The highest BCUT2D eigenvalue weighted by atomic mass is 32.2. The predicted molar refractivity (Wildman–Crippen MR) is 86.9 cm³/mol. The number of benzene rings is 1. The van der Waals surface area contributed by atoms with Gasteiger partial charge < -0.3 is 4.74 Å². The Bertz CT molecular complexity index is 872. The maximum absolute atomic E-state index is 12.7. The fourth-order valence-electron chi connectivity index (χ4n) is 2.63. The Kier molecular flexibility index (Phi) is 3.28. The molecule has 6 heteroatoms. The van der Waals surface area contributed by atoms with E-state index in [9.17, 15) is 4.79 Å². The van der Waals surface area contributed by atoms with E-state index in [0.717, 1.165) is 17.0 Å². The predicted octanol–water partition coefficient (Wildman–Crippen LogP) is 2.77. The SMILES string of the molecule is C[C@@H]1OC(n2ccc3nc(-c4ccccc4)cn3c2=O)CS1. The van der Waals surface area contributed by atoms with E-state index in [1.807, 2.05) is 43.3 Å². The molecule has 0 aliphatic carbocycles. The van der Waals surface area contributed by atoms with Gasteiger partial charge in [-0.05, 0) is 13.0 Å². The van der Waals surface area contributed by atoms with Gasteiger partial charge in [-0.3, -0.25) is 8.97 Å². The van der Waals surface area contributed by atoms with Crippen LogP contribution in [-0.4, -0.2) is 25.1 Å². The summed E-state index contributed by atoms with van der Waals surface area (Å²) in [5, 5.41) is 0. The third kappa shape index (κ3) is 2.24. The summed E-state index contributed by atoms with van der Waals surface area (Å²) in [5.41, 5.74) is 2.45. The average molecular weight is 313 g/mol. The lowest BCUT2D eigenvalue weighted by molar-refractivity contribution is 0.0234. The maximum atomic E-state index is 12.7. The molecule has 112 valence electrons. The van der Waals surface area contributed by atoms with Crippen LogP contribution < -0.4 is 5.69 Å². The second kappa shape index (κ2) is 5.30. The lowest BCUT2D eigenvalue weighted by Gasteiger charge is -2.13. The molecule has 0 bridgehead atoms. The Morgan fingerprint density at radius 3 is 2.82 bits per heavy atom. The van der Waals surface area contributed by atoms with E-state index in [1.165, 1.54) is 0 Å². The highest BCUT2D eigenvalue weighted by molar-refractivity contribution is 7.99. The van der Waals surface area contributed by atoms with Crippen molar-refractivity contribution in [2.75, 3.05) is 5.75 Å². The van der Waals surface area contributed by atoms with Gasteiger partial charge >= 0.3 is 5.69 Å². The van der Waals surface area contributed by atoms with Crippen LogP contribution in [0.15, 0.2) is 53.6 Å². The molecule has 3 heterocycles.